The number of likely N-dealkylation sites (tertiary alicyclic amines) is 1. The summed E-state index contributed by atoms with van der Waals surface area (Å²) < 4.78 is 7.02. The van der Waals surface area contributed by atoms with Gasteiger partial charge in [-0.15, -0.1) is 0 Å². The molecule has 1 aliphatic rings. The van der Waals surface area contributed by atoms with Crippen molar-refractivity contribution >= 4 is 23.6 Å². The molecule has 1 fully saturated rings. The minimum atomic E-state index is -1.72. The molecule has 2 N–H and O–H groups in total. The first-order valence-corrected chi connectivity index (χ1v) is 10.7. The van der Waals surface area contributed by atoms with Crippen molar-refractivity contribution < 1.29 is 14.4 Å². The van der Waals surface area contributed by atoms with E-state index in [1.54, 1.807) is 66.7 Å². The van der Waals surface area contributed by atoms with Crippen LogP contribution in [0.2, 0.25) is 0 Å². The van der Waals surface area contributed by atoms with Crippen LogP contribution >= 0.6 is 0 Å². The number of nitrogens with zero attached hydrogens (tertiary/aromatic N) is 9. The highest BCUT2D eigenvalue weighted by molar-refractivity contribution is 5.87. The Kier molecular flexibility index (Phi) is 4.70. The number of nitrogens with one attached hydrogen (secondary N) is 1. The smallest absolute Gasteiger partial charge is 0.262 e. The Morgan fingerprint density at radius 1 is 1.00 bits per heavy atom. The number of likely N-dealkylation sites (N-methyl/N-ethyl adjacent to an activating group) is 1. The summed E-state index contributed by atoms with van der Waals surface area (Å²) in [5, 5.41) is 17.8. The molecule has 1 aliphatic heterocycles. The predicted octanol–water partition coefficient (Wildman–Crippen LogP) is 1.42. The van der Waals surface area contributed by atoms with Crippen LogP contribution in [0, 0.1) is 0 Å². The third-order valence-corrected chi connectivity index (χ3v) is 5.74. The Bertz CT molecular complexity index is 1560. The molecule has 0 radical (unpaired) electrons. The second-order valence-electron chi connectivity index (χ2n) is 8.03. The molecule has 0 spiro atoms. The Morgan fingerprint density at radius 2 is 1.80 bits per heavy atom. The topological polar surface area (TPSA) is 160 Å². The van der Waals surface area contributed by atoms with Gasteiger partial charge in [-0.2, -0.15) is 4.98 Å². The summed E-state index contributed by atoms with van der Waals surface area (Å²) in [5.41, 5.74) is 0.304. The van der Waals surface area contributed by atoms with Crippen LogP contribution < -0.4 is 5.32 Å². The van der Waals surface area contributed by atoms with Crippen LogP contribution in [-0.4, -0.2) is 69.0 Å². The van der Waals surface area contributed by atoms with Crippen molar-refractivity contribution in [2.75, 3.05) is 18.9 Å². The van der Waals surface area contributed by atoms with Gasteiger partial charge < -0.3 is 14.5 Å². The van der Waals surface area contributed by atoms with Crippen LogP contribution in [0.25, 0.3) is 28.6 Å². The first-order chi connectivity index (χ1) is 17.0. The molecular weight excluding hydrogens is 452 g/mol. The molecule has 1 saturated heterocycles. The van der Waals surface area contributed by atoms with Gasteiger partial charge in [0.05, 0.1) is 17.1 Å². The molecule has 13 nitrogen and oxygen atoms in total. The largest absolute Gasteiger partial charge is 0.373 e. The van der Waals surface area contributed by atoms with Crippen molar-refractivity contribution in [2.24, 2.45) is 0 Å². The zero-order valence-corrected chi connectivity index (χ0v) is 18.4. The molecule has 35 heavy (non-hydrogen) atoms. The lowest BCUT2D eigenvalue weighted by molar-refractivity contribution is -0.144. The standard InChI is InChI=1S/C22H18N10O3/c1-31-9-6-22(34,18(31)33)17-11-16(30-35-17)14-4-2-3-13(26-14)15-5-7-23-19(27-15)28-20-25-12-32-10-8-24-21(32)29-20/h2-5,7-8,10-12,34H,6,9H2,1H3,(H,23,24,27,28,29)/t22-/m1/s1. The maximum Gasteiger partial charge on any atom is 0.262 e. The van der Waals surface area contributed by atoms with Crippen LogP contribution in [0.3, 0.4) is 0 Å². The second kappa shape index (κ2) is 7.92. The second-order valence-corrected chi connectivity index (χ2v) is 8.03. The van der Waals surface area contributed by atoms with Crippen molar-refractivity contribution in [1.82, 2.24) is 44.4 Å². The van der Waals surface area contributed by atoms with E-state index in [9.17, 15) is 9.90 Å². The number of aliphatic hydroxyl groups is 1. The summed E-state index contributed by atoms with van der Waals surface area (Å²) >= 11 is 0. The molecule has 0 aromatic carbocycles. The van der Waals surface area contributed by atoms with E-state index in [1.165, 1.54) is 4.90 Å². The zero-order valence-electron chi connectivity index (χ0n) is 18.4. The molecule has 0 aliphatic carbocycles. The normalized spacial score (nSPS) is 17.9. The number of imidazole rings is 1. The molecule has 6 rings (SSSR count). The molecule has 5 aromatic rings. The van der Waals surface area contributed by atoms with Crippen molar-refractivity contribution in [3.63, 3.8) is 0 Å². The van der Waals surface area contributed by atoms with Crippen LogP contribution in [0.5, 0.6) is 0 Å². The molecule has 1 amide bonds. The van der Waals surface area contributed by atoms with E-state index in [1.807, 2.05) is 0 Å². The van der Waals surface area contributed by atoms with E-state index in [0.717, 1.165) is 0 Å². The highest BCUT2D eigenvalue weighted by Crippen LogP contribution is 2.34. The Morgan fingerprint density at radius 3 is 2.63 bits per heavy atom. The summed E-state index contributed by atoms with van der Waals surface area (Å²) in [6.45, 7) is 0.435. The molecule has 6 heterocycles. The van der Waals surface area contributed by atoms with E-state index >= 15 is 0 Å². The number of fused-ring (bicyclic) bond motifs is 1. The van der Waals surface area contributed by atoms with Crippen molar-refractivity contribution in [1.29, 1.82) is 0 Å². The molecule has 0 unspecified atom stereocenters. The minimum absolute atomic E-state index is 0.0945. The number of pyridine rings is 1. The van der Waals surface area contributed by atoms with Gasteiger partial charge in [-0.25, -0.2) is 24.9 Å². The van der Waals surface area contributed by atoms with Gasteiger partial charge in [0.25, 0.3) is 5.91 Å². The summed E-state index contributed by atoms with van der Waals surface area (Å²) in [7, 11) is 1.63. The number of hydrogen-bond acceptors (Lipinski definition) is 11. The summed E-state index contributed by atoms with van der Waals surface area (Å²) in [6.07, 6.45) is 6.80. The van der Waals surface area contributed by atoms with E-state index in [4.69, 9.17) is 4.52 Å². The molecular formula is C22H18N10O3. The highest BCUT2D eigenvalue weighted by Gasteiger charge is 2.48. The van der Waals surface area contributed by atoms with E-state index in [-0.39, 0.29) is 12.2 Å². The number of aromatic nitrogens is 8. The lowest BCUT2D eigenvalue weighted by Gasteiger charge is -2.16. The monoisotopic (exact) mass is 470 g/mol. The lowest BCUT2D eigenvalue weighted by atomic mass is 9.98. The van der Waals surface area contributed by atoms with Crippen LogP contribution in [0.4, 0.5) is 11.9 Å². The fourth-order valence-electron chi connectivity index (χ4n) is 3.84. The van der Waals surface area contributed by atoms with Crippen molar-refractivity contribution in [2.45, 2.75) is 12.0 Å². The maximum absolute atomic E-state index is 12.4. The molecule has 1 atom stereocenters. The number of carbonyl (C=O) groups excluding carboxylic acids is 1. The number of carbonyl (C=O) groups is 1. The lowest BCUT2D eigenvalue weighted by Crippen LogP contribution is -2.35. The van der Waals surface area contributed by atoms with Gasteiger partial charge in [-0.1, -0.05) is 11.2 Å². The quantitative estimate of drug-likeness (QED) is 0.382. The van der Waals surface area contributed by atoms with Crippen LogP contribution in [0.15, 0.2) is 59.8 Å². The van der Waals surface area contributed by atoms with E-state index < -0.39 is 11.5 Å². The van der Waals surface area contributed by atoms with Crippen LogP contribution in [-0.2, 0) is 10.4 Å². The Balaban J connectivity index is 1.27. The van der Waals surface area contributed by atoms with Gasteiger partial charge in [0, 0.05) is 44.7 Å². The van der Waals surface area contributed by atoms with Gasteiger partial charge in [0.15, 0.2) is 5.76 Å². The zero-order chi connectivity index (χ0) is 24.0. The number of anilines is 2. The number of hydrogen-bond donors (Lipinski definition) is 2. The van der Waals surface area contributed by atoms with Gasteiger partial charge >= 0.3 is 0 Å². The van der Waals surface area contributed by atoms with Gasteiger partial charge in [-0.3, -0.25) is 14.5 Å². The number of rotatable bonds is 5. The average molecular weight is 470 g/mol. The first-order valence-electron chi connectivity index (χ1n) is 10.7. The maximum atomic E-state index is 12.4. The summed E-state index contributed by atoms with van der Waals surface area (Å²) in [6, 6.07) is 8.62. The van der Waals surface area contributed by atoms with Crippen molar-refractivity contribution in [3.8, 4) is 22.8 Å². The van der Waals surface area contributed by atoms with E-state index in [2.05, 4.69) is 40.4 Å². The predicted molar refractivity (Wildman–Crippen MR) is 121 cm³/mol. The van der Waals surface area contributed by atoms with Gasteiger partial charge in [0.1, 0.15) is 12.0 Å². The number of amides is 1. The summed E-state index contributed by atoms with van der Waals surface area (Å²) in [5.74, 6) is 0.773. The minimum Gasteiger partial charge on any atom is -0.373 e. The SMILES string of the molecule is CN1CC[C@@](O)(c2cc(-c3cccc(-c4ccnc(Nc5ncn6ccnc6n5)n4)n3)no2)C1=O. The Hall–Kier alpha value is -4.78. The highest BCUT2D eigenvalue weighted by atomic mass is 16.5. The van der Waals surface area contributed by atoms with E-state index in [0.29, 0.717) is 47.0 Å². The van der Waals surface area contributed by atoms with Crippen LogP contribution in [0.1, 0.15) is 12.2 Å². The molecule has 0 saturated carbocycles. The summed E-state index contributed by atoms with van der Waals surface area (Å²) in [4.78, 5) is 39.9. The molecule has 0 bridgehead atoms. The van der Waals surface area contributed by atoms with Gasteiger partial charge in [0.2, 0.25) is 23.3 Å². The third-order valence-electron chi connectivity index (χ3n) is 5.74. The molecule has 13 heteroatoms. The third kappa shape index (κ3) is 3.63. The van der Waals surface area contributed by atoms with Gasteiger partial charge in [-0.05, 0) is 18.2 Å². The average Bonchev–Trinajstić information content (AvgIpc) is 3.62. The molecule has 5 aromatic heterocycles. The Labute approximate surface area is 197 Å². The molecule has 174 valence electrons. The fraction of sp³-hybridized carbons (Fsp3) is 0.182. The first kappa shape index (κ1) is 20.8. The van der Waals surface area contributed by atoms with Crippen molar-refractivity contribution in [3.05, 3.63) is 61.0 Å². The fourth-order valence-corrected chi connectivity index (χ4v) is 3.84.